The molecule has 1 aliphatic heterocycles. The maximum absolute atomic E-state index is 13.0. The molecule has 10 heteroatoms. The van der Waals surface area contributed by atoms with Gasteiger partial charge in [0.2, 0.25) is 5.91 Å². The van der Waals surface area contributed by atoms with Gasteiger partial charge in [-0.2, -0.15) is 0 Å². The molecule has 9 nitrogen and oxygen atoms in total. The van der Waals surface area contributed by atoms with E-state index in [1.54, 1.807) is 36.7 Å². The van der Waals surface area contributed by atoms with Crippen LogP contribution in [0.25, 0.3) is 0 Å². The van der Waals surface area contributed by atoms with E-state index < -0.39 is 23.5 Å². The van der Waals surface area contributed by atoms with Crippen LogP contribution in [0.5, 0.6) is 0 Å². The second-order valence-electron chi connectivity index (χ2n) is 8.00. The number of benzene rings is 1. The first-order valence-electron chi connectivity index (χ1n) is 11.3. The highest BCUT2D eigenvalue weighted by Crippen LogP contribution is 2.23. The third-order valence-electron chi connectivity index (χ3n) is 5.49. The number of hydrogen-bond acceptors (Lipinski definition) is 5. The Morgan fingerprint density at radius 1 is 1.11 bits per heavy atom. The van der Waals surface area contributed by atoms with Crippen molar-refractivity contribution < 1.29 is 19.5 Å². The van der Waals surface area contributed by atoms with Crippen molar-refractivity contribution in [1.82, 2.24) is 20.1 Å². The summed E-state index contributed by atoms with van der Waals surface area (Å²) in [5, 5.41) is 15.1. The number of alkyl halides is 1. The van der Waals surface area contributed by atoms with E-state index in [2.05, 4.69) is 33.2 Å². The zero-order valence-electron chi connectivity index (χ0n) is 19.6. The highest BCUT2D eigenvalue weighted by molar-refractivity contribution is 14.1. The molecule has 0 radical (unpaired) electrons. The molecule has 2 atom stereocenters. The van der Waals surface area contributed by atoms with Gasteiger partial charge in [-0.3, -0.25) is 23.9 Å². The number of nitrogens with one attached hydrogen (secondary N) is 2. The standard InChI is InChI=1S/C26H27IN4O5/c1-18(32)30(22-14-6-3-7-15-28-22)16-9-13-21(26(35)36)29-24(33)20-12-8-17-31(25(20)34)23(27)19-10-4-2-5-11-19/h2-8,10-12,14-15,17,21,23,28H,9,13,16H2,1H3,(H,29,33)(H,35,36)/t21-,23?/m0/s1. The highest BCUT2D eigenvalue weighted by atomic mass is 127. The molecule has 2 aromatic rings. The molecule has 188 valence electrons. The van der Waals surface area contributed by atoms with Crippen molar-refractivity contribution in [3.63, 3.8) is 0 Å². The van der Waals surface area contributed by atoms with E-state index in [1.807, 2.05) is 36.4 Å². The van der Waals surface area contributed by atoms with Crippen LogP contribution in [-0.2, 0) is 9.59 Å². The van der Waals surface area contributed by atoms with Gasteiger partial charge >= 0.3 is 5.97 Å². The lowest BCUT2D eigenvalue weighted by molar-refractivity contribution is -0.139. The van der Waals surface area contributed by atoms with Gasteiger partial charge in [0.05, 0.1) is 0 Å². The summed E-state index contributed by atoms with van der Waals surface area (Å²) in [7, 11) is 0. The number of carboxylic acids is 1. The van der Waals surface area contributed by atoms with Crippen LogP contribution in [-0.4, -0.2) is 44.9 Å². The summed E-state index contributed by atoms with van der Waals surface area (Å²) in [6, 6.07) is 11.1. The van der Waals surface area contributed by atoms with Crippen LogP contribution >= 0.6 is 22.6 Å². The van der Waals surface area contributed by atoms with Crippen molar-refractivity contribution >= 4 is 40.4 Å². The number of carbonyl (C=O) groups is 3. The summed E-state index contributed by atoms with van der Waals surface area (Å²) in [5.74, 6) is -1.61. The molecule has 1 unspecified atom stereocenters. The summed E-state index contributed by atoms with van der Waals surface area (Å²) in [6.45, 7) is 1.68. The molecular formula is C26H27IN4O5. The molecule has 0 saturated heterocycles. The minimum absolute atomic E-state index is 0.0732. The monoisotopic (exact) mass is 602 g/mol. The van der Waals surface area contributed by atoms with Crippen molar-refractivity contribution in [3.05, 3.63) is 106 Å². The Kier molecular flexibility index (Phi) is 9.62. The Balaban J connectivity index is 1.68. The first-order valence-corrected chi connectivity index (χ1v) is 12.6. The number of allylic oxidation sites excluding steroid dienone is 4. The molecule has 1 aromatic carbocycles. The Morgan fingerprint density at radius 3 is 2.56 bits per heavy atom. The second kappa shape index (κ2) is 12.9. The summed E-state index contributed by atoms with van der Waals surface area (Å²) in [5.41, 5.74) is 0.233. The molecule has 0 aliphatic carbocycles. The second-order valence-corrected chi connectivity index (χ2v) is 9.18. The largest absolute Gasteiger partial charge is 0.480 e. The molecule has 2 heterocycles. The Bertz CT molecular complexity index is 1250. The Labute approximate surface area is 222 Å². The van der Waals surface area contributed by atoms with Crippen LogP contribution in [0.2, 0.25) is 0 Å². The van der Waals surface area contributed by atoms with Gasteiger partial charge < -0.3 is 15.7 Å². The molecule has 0 bridgehead atoms. The predicted molar refractivity (Wildman–Crippen MR) is 144 cm³/mol. The molecule has 1 aromatic heterocycles. The summed E-state index contributed by atoms with van der Waals surface area (Å²) in [6.07, 6.45) is 10.8. The third-order valence-corrected chi connectivity index (χ3v) is 6.81. The van der Waals surface area contributed by atoms with Gasteiger partial charge in [-0.1, -0.05) is 65.1 Å². The van der Waals surface area contributed by atoms with E-state index in [1.165, 1.54) is 22.5 Å². The molecule has 1 aliphatic rings. The maximum Gasteiger partial charge on any atom is 0.326 e. The van der Waals surface area contributed by atoms with Crippen molar-refractivity contribution in [2.75, 3.05) is 6.54 Å². The Morgan fingerprint density at radius 2 is 1.86 bits per heavy atom. The quantitative estimate of drug-likeness (QED) is 0.284. The average Bonchev–Trinajstić information content (AvgIpc) is 3.15. The van der Waals surface area contributed by atoms with Crippen LogP contribution < -0.4 is 16.2 Å². The van der Waals surface area contributed by atoms with Crippen LogP contribution in [0.1, 0.15) is 39.7 Å². The minimum Gasteiger partial charge on any atom is -0.480 e. The van der Waals surface area contributed by atoms with Crippen molar-refractivity contribution in [2.45, 2.75) is 29.9 Å². The van der Waals surface area contributed by atoms with E-state index >= 15 is 0 Å². The molecule has 36 heavy (non-hydrogen) atoms. The van der Waals surface area contributed by atoms with E-state index in [0.717, 1.165) is 5.56 Å². The fraction of sp³-hybridized carbons (Fsp3) is 0.231. The lowest BCUT2D eigenvalue weighted by Gasteiger charge is -2.24. The number of carbonyl (C=O) groups excluding carboxylic acids is 2. The number of nitrogens with zero attached hydrogens (tertiary/aromatic N) is 2. The lowest BCUT2D eigenvalue weighted by Crippen LogP contribution is -2.44. The number of aromatic nitrogens is 1. The number of hydrogen-bond donors (Lipinski definition) is 3. The molecule has 3 rings (SSSR count). The summed E-state index contributed by atoms with van der Waals surface area (Å²) < 4.78 is 1.09. The smallest absolute Gasteiger partial charge is 0.326 e. The first kappa shape index (κ1) is 26.9. The van der Waals surface area contributed by atoms with E-state index in [4.69, 9.17) is 0 Å². The normalized spacial score (nSPS) is 14.1. The first-order chi connectivity index (χ1) is 17.3. The van der Waals surface area contributed by atoms with E-state index in [0.29, 0.717) is 12.2 Å². The van der Waals surface area contributed by atoms with Crippen LogP contribution in [0.4, 0.5) is 0 Å². The zero-order chi connectivity index (χ0) is 26.1. The molecule has 0 fully saturated rings. The SMILES string of the molecule is CC(=O)N(CCC[C@H](NC(=O)c1cccn(C(I)c2ccccc2)c1=O)C(=O)O)C1=CC=CC=CN1. The van der Waals surface area contributed by atoms with Crippen molar-refractivity contribution in [1.29, 1.82) is 0 Å². The predicted octanol–water partition coefficient (Wildman–Crippen LogP) is 3.16. The minimum atomic E-state index is -1.22. The number of pyridine rings is 1. The zero-order valence-corrected chi connectivity index (χ0v) is 21.8. The molecule has 3 N–H and O–H groups in total. The van der Waals surface area contributed by atoms with Gasteiger partial charge in [-0.25, -0.2) is 4.79 Å². The summed E-state index contributed by atoms with van der Waals surface area (Å²) in [4.78, 5) is 51.4. The molecule has 0 saturated carbocycles. The van der Waals surface area contributed by atoms with Crippen LogP contribution in [0, 0.1) is 0 Å². The fourth-order valence-corrected chi connectivity index (χ4v) is 4.50. The fourth-order valence-electron chi connectivity index (χ4n) is 3.64. The van der Waals surface area contributed by atoms with Gasteiger partial charge in [0.1, 0.15) is 21.5 Å². The van der Waals surface area contributed by atoms with Crippen molar-refractivity contribution in [3.8, 4) is 0 Å². The van der Waals surface area contributed by atoms with Gasteiger partial charge in [0.25, 0.3) is 11.5 Å². The average molecular weight is 602 g/mol. The maximum atomic E-state index is 13.0. The van der Waals surface area contributed by atoms with E-state index in [9.17, 15) is 24.3 Å². The van der Waals surface area contributed by atoms with E-state index in [-0.39, 0.29) is 28.5 Å². The number of rotatable bonds is 10. The van der Waals surface area contributed by atoms with Gasteiger partial charge in [0.15, 0.2) is 0 Å². The number of amides is 2. The topological polar surface area (TPSA) is 121 Å². The van der Waals surface area contributed by atoms with Gasteiger partial charge in [-0.05, 0) is 42.7 Å². The number of halogens is 1. The molecule has 0 spiro atoms. The third kappa shape index (κ3) is 6.94. The lowest BCUT2D eigenvalue weighted by atomic mass is 10.1. The number of aliphatic carboxylic acids is 1. The van der Waals surface area contributed by atoms with Gasteiger partial charge in [-0.15, -0.1) is 0 Å². The van der Waals surface area contributed by atoms with Crippen molar-refractivity contribution in [2.24, 2.45) is 0 Å². The molecular weight excluding hydrogens is 575 g/mol. The molecule has 2 amide bonds. The summed E-state index contributed by atoms with van der Waals surface area (Å²) >= 11 is 2.11. The van der Waals surface area contributed by atoms with Gasteiger partial charge in [0, 0.05) is 25.9 Å². The van der Waals surface area contributed by atoms with Crippen LogP contribution in [0.15, 0.2) is 89.8 Å². The highest BCUT2D eigenvalue weighted by Gasteiger charge is 2.24. The van der Waals surface area contributed by atoms with Crippen LogP contribution in [0.3, 0.4) is 0 Å². The number of carboxylic acid groups (broad SMARTS) is 1. The Hall–Kier alpha value is -3.67.